The van der Waals surface area contributed by atoms with Crippen LogP contribution >= 0.6 is 23.2 Å². The lowest BCUT2D eigenvalue weighted by atomic mass is 10.3. The number of aliphatic carboxylic acids is 1. The second-order valence-corrected chi connectivity index (χ2v) is 3.93. The fraction of sp³-hybridized carbons (Fsp3) is 0. The van der Waals surface area contributed by atoms with E-state index in [1.165, 1.54) is 24.3 Å². The lowest BCUT2D eigenvalue weighted by molar-refractivity contribution is -0.384. The van der Waals surface area contributed by atoms with Crippen LogP contribution in [0.25, 0.3) is 0 Å². The van der Waals surface area contributed by atoms with Gasteiger partial charge in [-0.05, 0) is 12.1 Å². The summed E-state index contributed by atoms with van der Waals surface area (Å²) in [5, 5.41) is 21.8. The van der Waals surface area contributed by atoms with E-state index in [0.29, 0.717) is 5.69 Å². The Balaban J connectivity index is 2.69. The van der Waals surface area contributed by atoms with Gasteiger partial charge in [-0.2, -0.15) is 5.10 Å². The molecule has 0 saturated heterocycles. The van der Waals surface area contributed by atoms with Crippen molar-refractivity contribution in [3.8, 4) is 0 Å². The van der Waals surface area contributed by atoms with Crippen molar-refractivity contribution in [1.29, 1.82) is 0 Å². The van der Waals surface area contributed by atoms with Crippen LogP contribution in [0.15, 0.2) is 39.4 Å². The zero-order chi connectivity index (χ0) is 14.4. The smallest absolute Gasteiger partial charge is 0.348 e. The summed E-state index contributed by atoms with van der Waals surface area (Å²) in [5.41, 5.74) is 2.93. The highest BCUT2D eigenvalue weighted by Crippen LogP contribution is 2.16. The molecule has 0 aromatic heterocycles. The molecule has 2 N–H and O–H groups in total. The first-order valence-corrected chi connectivity index (χ1v) is 5.49. The highest BCUT2D eigenvalue weighted by Gasteiger charge is 2.07. The molecule has 0 amide bonds. The van der Waals surface area contributed by atoms with Gasteiger partial charge in [-0.3, -0.25) is 15.5 Å². The van der Waals surface area contributed by atoms with Crippen molar-refractivity contribution in [1.82, 2.24) is 0 Å². The number of hydrogen-bond donors (Lipinski definition) is 2. The van der Waals surface area contributed by atoms with E-state index in [-0.39, 0.29) is 10.7 Å². The van der Waals surface area contributed by atoms with Crippen LogP contribution in [-0.2, 0) is 4.79 Å². The number of anilines is 1. The molecule has 1 aromatic rings. The molecule has 0 saturated carbocycles. The molecular formula is C10H7Cl2N3O4. The maximum atomic E-state index is 10.5. The lowest BCUT2D eigenvalue weighted by Crippen LogP contribution is -1.98. The van der Waals surface area contributed by atoms with Crippen molar-refractivity contribution in [3.63, 3.8) is 0 Å². The molecule has 0 aliphatic rings. The molecule has 0 bridgehead atoms. The van der Waals surface area contributed by atoms with Crippen LogP contribution in [0.2, 0.25) is 0 Å². The van der Waals surface area contributed by atoms with Crippen molar-refractivity contribution >= 4 is 46.8 Å². The first-order chi connectivity index (χ1) is 8.91. The van der Waals surface area contributed by atoms with E-state index in [9.17, 15) is 14.9 Å². The fourth-order valence-electron chi connectivity index (χ4n) is 0.980. The number of nitrogens with zero attached hydrogens (tertiary/aromatic N) is 2. The number of hydrogen-bond acceptors (Lipinski definition) is 5. The summed E-state index contributed by atoms with van der Waals surface area (Å²) in [4.78, 5) is 20.3. The number of allylic oxidation sites excluding steroid dienone is 1. The molecule has 0 aliphatic heterocycles. The molecule has 19 heavy (non-hydrogen) atoms. The average Bonchev–Trinajstić information content (AvgIpc) is 2.38. The van der Waals surface area contributed by atoms with Crippen molar-refractivity contribution in [2.45, 2.75) is 0 Å². The molecule has 0 heterocycles. The first kappa shape index (κ1) is 14.9. The van der Waals surface area contributed by atoms with Crippen molar-refractivity contribution < 1.29 is 14.8 Å². The summed E-state index contributed by atoms with van der Waals surface area (Å²) in [5.74, 6) is -1.37. The van der Waals surface area contributed by atoms with Gasteiger partial charge < -0.3 is 5.11 Å². The molecule has 9 heteroatoms. The Morgan fingerprint density at radius 1 is 1.37 bits per heavy atom. The van der Waals surface area contributed by atoms with E-state index in [4.69, 9.17) is 28.3 Å². The summed E-state index contributed by atoms with van der Waals surface area (Å²) in [6.07, 6.45) is 1.01. The quantitative estimate of drug-likeness (QED) is 0.376. The Morgan fingerprint density at radius 3 is 2.42 bits per heavy atom. The van der Waals surface area contributed by atoms with Crippen LogP contribution in [0, 0.1) is 10.1 Å². The number of rotatable bonds is 5. The number of halogens is 2. The Hall–Kier alpha value is -2.12. The summed E-state index contributed by atoms with van der Waals surface area (Å²) in [6.45, 7) is 0. The Bertz CT molecular complexity index is 554. The number of carboxylic acid groups (broad SMARTS) is 1. The zero-order valence-electron chi connectivity index (χ0n) is 9.21. The van der Waals surface area contributed by atoms with E-state index in [1.54, 1.807) is 0 Å². The van der Waals surface area contributed by atoms with Gasteiger partial charge in [0.1, 0.15) is 5.03 Å². The van der Waals surface area contributed by atoms with Crippen LogP contribution in [0.1, 0.15) is 0 Å². The van der Waals surface area contributed by atoms with Crippen LogP contribution < -0.4 is 5.43 Å². The maximum absolute atomic E-state index is 10.5. The largest absolute Gasteiger partial charge is 0.477 e. The SMILES string of the molecule is O=C(O)/C(Cl)=C(\Cl)C=NNc1ccc([N+](=O)[O-])cc1. The minimum atomic E-state index is -1.37. The van der Waals surface area contributed by atoms with Gasteiger partial charge >= 0.3 is 5.97 Å². The molecule has 0 atom stereocenters. The number of nitro benzene ring substituents is 1. The number of benzene rings is 1. The Morgan fingerprint density at radius 2 is 1.95 bits per heavy atom. The third-order valence-corrected chi connectivity index (χ3v) is 2.60. The van der Waals surface area contributed by atoms with Gasteiger partial charge in [0.05, 0.1) is 21.9 Å². The molecule has 0 aliphatic carbocycles. The summed E-state index contributed by atoms with van der Waals surface area (Å²) >= 11 is 10.9. The zero-order valence-corrected chi connectivity index (χ0v) is 10.7. The predicted octanol–water partition coefficient (Wildman–Crippen LogP) is 2.77. The highest BCUT2D eigenvalue weighted by atomic mass is 35.5. The fourth-order valence-corrected chi connectivity index (χ4v) is 1.16. The van der Waals surface area contributed by atoms with Gasteiger partial charge in [-0.25, -0.2) is 4.79 Å². The van der Waals surface area contributed by atoms with E-state index in [0.717, 1.165) is 6.21 Å². The first-order valence-electron chi connectivity index (χ1n) is 4.74. The second-order valence-electron chi connectivity index (χ2n) is 3.14. The highest BCUT2D eigenvalue weighted by molar-refractivity contribution is 6.51. The molecule has 100 valence electrons. The molecular weight excluding hydrogens is 297 g/mol. The summed E-state index contributed by atoms with van der Waals surface area (Å²) in [6, 6.07) is 5.46. The molecule has 0 fully saturated rings. The van der Waals surface area contributed by atoms with Crippen LogP contribution in [-0.4, -0.2) is 22.2 Å². The average molecular weight is 304 g/mol. The monoisotopic (exact) mass is 303 g/mol. The second kappa shape index (κ2) is 6.72. The number of nitrogens with one attached hydrogen (secondary N) is 1. The van der Waals surface area contributed by atoms with E-state index in [2.05, 4.69) is 10.5 Å². The minimum absolute atomic E-state index is 0.0543. The minimum Gasteiger partial charge on any atom is -0.477 e. The number of hydrazone groups is 1. The van der Waals surface area contributed by atoms with Crippen molar-refractivity contribution in [3.05, 3.63) is 44.4 Å². The van der Waals surface area contributed by atoms with E-state index < -0.39 is 15.9 Å². The van der Waals surface area contributed by atoms with Gasteiger partial charge in [0.25, 0.3) is 5.69 Å². The number of carbonyl (C=O) groups is 1. The van der Waals surface area contributed by atoms with Gasteiger partial charge in [0.15, 0.2) is 0 Å². The Labute approximate surface area is 117 Å². The normalized spacial score (nSPS) is 12.1. The van der Waals surface area contributed by atoms with Gasteiger partial charge in [-0.15, -0.1) is 0 Å². The third-order valence-electron chi connectivity index (χ3n) is 1.85. The molecule has 7 nitrogen and oxygen atoms in total. The van der Waals surface area contributed by atoms with Crippen molar-refractivity contribution in [2.75, 3.05) is 5.43 Å². The van der Waals surface area contributed by atoms with Gasteiger partial charge in [0, 0.05) is 12.1 Å². The van der Waals surface area contributed by atoms with Crippen molar-refractivity contribution in [2.24, 2.45) is 5.10 Å². The maximum Gasteiger partial charge on any atom is 0.348 e. The predicted molar refractivity (Wildman–Crippen MR) is 71.6 cm³/mol. The topological polar surface area (TPSA) is 105 Å². The van der Waals surface area contributed by atoms with Crippen LogP contribution in [0.3, 0.4) is 0 Å². The van der Waals surface area contributed by atoms with Gasteiger partial charge in [-0.1, -0.05) is 23.2 Å². The van der Waals surface area contributed by atoms with Gasteiger partial charge in [0.2, 0.25) is 0 Å². The summed E-state index contributed by atoms with van der Waals surface area (Å²) in [7, 11) is 0. The van der Waals surface area contributed by atoms with Crippen LogP contribution in [0.5, 0.6) is 0 Å². The molecule has 0 spiro atoms. The lowest BCUT2D eigenvalue weighted by Gasteiger charge is -1.99. The Kier molecular flexibility index (Phi) is 5.28. The van der Waals surface area contributed by atoms with Crippen LogP contribution in [0.4, 0.5) is 11.4 Å². The standard InChI is InChI=1S/C10H7Cl2N3O4/c11-8(9(12)10(16)17)5-13-14-6-1-3-7(4-2-6)15(18)19/h1-5,14H,(H,16,17)/b9-8+,13-5?. The number of non-ortho nitro benzene ring substituents is 1. The number of carboxylic acids is 1. The van der Waals surface area contributed by atoms with E-state index in [1.807, 2.05) is 0 Å². The number of nitro groups is 1. The van der Waals surface area contributed by atoms with E-state index >= 15 is 0 Å². The molecule has 1 rings (SSSR count). The third kappa shape index (κ3) is 4.57. The molecule has 0 unspecified atom stereocenters. The summed E-state index contributed by atoms with van der Waals surface area (Å²) < 4.78 is 0. The molecule has 0 radical (unpaired) electrons. The molecule has 1 aromatic carbocycles.